The smallest absolute Gasteiger partial charge is 0.306 e. The highest BCUT2D eigenvalue weighted by atomic mass is 16.5. The molecule has 0 radical (unpaired) electrons. The first-order chi connectivity index (χ1) is 13.2. The minimum atomic E-state index is -1.17. The fraction of sp³-hybridized carbons (Fsp3) is 0.913. The van der Waals surface area contributed by atoms with E-state index in [1.165, 1.54) is 64.2 Å². The molecule has 0 aliphatic carbocycles. The van der Waals surface area contributed by atoms with Gasteiger partial charge in [-0.2, -0.15) is 0 Å². The summed E-state index contributed by atoms with van der Waals surface area (Å²) in [6.45, 7) is 2.72. The van der Waals surface area contributed by atoms with E-state index in [1.54, 1.807) is 0 Å². The molecule has 29 heavy (non-hydrogen) atoms. The molecule has 174 valence electrons. The van der Waals surface area contributed by atoms with Gasteiger partial charge >= 0.3 is 5.97 Å². The largest absolute Gasteiger partial charge is 0.550 e. The fourth-order valence-electron chi connectivity index (χ4n) is 3.47. The lowest BCUT2D eigenvalue weighted by Crippen LogP contribution is -2.45. The molecule has 0 aromatic heterocycles. The highest BCUT2D eigenvalue weighted by Crippen LogP contribution is 2.13. The summed E-state index contributed by atoms with van der Waals surface area (Å²) >= 11 is 0. The molecule has 1 atom stereocenters. The number of aliphatic carboxylic acids is 1. The summed E-state index contributed by atoms with van der Waals surface area (Å²) in [5, 5.41) is 10.9. The Morgan fingerprint density at radius 3 is 1.59 bits per heavy atom. The number of rotatable bonds is 19. The van der Waals surface area contributed by atoms with Crippen LogP contribution in [0.15, 0.2) is 0 Å². The predicted molar refractivity (Wildman–Crippen MR) is 116 cm³/mol. The van der Waals surface area contributed by atoms with Crippen molar-refractivity contribution in [3.05, 3.63) is 0 Å². The maximum atomic E-state index is 12.0. The average Bonchev–Trinajstić information content (AvgIpc) is 2.56. The van der Waals surface area contributed by atoms with Gasteiger partial charge in [0.2, 0.25) is 0 Å². The zero-order valence-electron chi connectivity index (χ0n) is 19.5. The molecule has 6 heteroatoms. The van der Waals surface area contributed by atoms with E-state index in [2.05, 4.69) is 6.92 Å². The van der Waals surface area contributed by atoms with Gasteiger partial charge in [0.1, 0.15) is 6.54 Å². The number of carboxylic acids is 1. The Balaban J connectivity index is 0. The third kappa shape index (κ3) is 23.0. The lowest BCUT2D eigenvalue weighted by Gasteiger charge is -2.29. The molecule has 0 aromatic carbocycles. The lowest BCUT2D eigenvalue weighted by molar-refractivity contribution is -0.873. The number of carbonyl (C=O) groups excluding carboxylic acids is 2. The Labute approximate surface area is 178 Å². The van der Waals surface area contributed by atoms with Gasteiger partial charge in [0.25, 0.3) is 0 Å². The van der Waals surface area contributed by atoms with Gasteiger partial charge in [-0.15, -0.1) is 0 Å². The van der Waals surface area contributed by atoms with Crippen molar-refractivity contribution in [3.63, 3.8) is 0 Å². The van der Waals surface area contributed by atoms with Crippen LogP contribution in [-0.4, -0.2) is 55.7 Å². The van der Waals surface area contributed by atoms with Crippen molar-refractivity contribution >= 4 is 11.9 Å². The van der Waals surface area contributed by atoms with Crippen LogP contribution >= 0.6 is 0 Å². The van der Waals surface area contributed by atoms with Crippen molar-refractivity contribution in [1.29, 1.82) is 0 Å². The van der Waals surface area contributed by atoms with E-state index in [-0.39, 0.29) is 17.9 Å². The van der Waals surface area contributed by atoms with Crippen LogP contribution in [0.4, 0.5) is 0 Å². The second-order valence-corrected chi connectivity index (χ2v) is 9.15. The van der Waals surface area contributed by atoms with Crippen molar-refractivity contribution < 1.29 is 29.4 Å². The van der Waals surface area contributed by atoms with Crippen LogP contribution in [-0.2, 0) is 14.3 Å². The first kappa shape index (κ1) is 30.1. The van der Waals surface area contributed by atoms with E-state index in [9.17, 15) is 14.7 Å². The third-order valence-corrected chi connectivity index (χ3v) is 4.93. The maximum absolute atomic E-state index is 12.0. The molecule has 6 nitrogen and oxygen atoms in total. The monoisotopic (exact) mass is 417 g/mol. The number of hydrogen-bond donors (Lipinski definition) is 0. The van der Waals surface area contributed by atoms with E-state index in [0.717, 1.165) is 19.3 Å². The minimum Gasteiger partial charge on any atom is -0.550 e. The van der Waals surface area contributed by atoms with Gasteiger partial charge in [-0.3, -0.25) is 4.79 Å². The fourth-order valence-corrected chi connectivity index (χ4v) is 3.47. The average molecular weight is 418 g/mol. The molecule has 0 aliphatic heterocycles. The molecular formula is C23H47NO5. The van der Waals surface area contributed by atoms with Crippen LogP contribution < -0.4 is 5.11 Å². The normalized spacial score (nSPS) is 12.3. The van der Waals surface area contributed by atoms with Crippen LogP contribution in [0, 0.1) is 0 Å². The summed E-state index contributed by atoms with van der Waals surface area (Å²) in [4.78, 5) is 22.8. The summed E-state index contributed by atoms with van der Waals surface area (Å²) in [6.07, 6.45) is 16.0. The van der Waals surface area contributed by atoms with Crippen molar-refractivity contribution in [1.82, 2.24) is 0 Å². The van der Waals surface area contributed by atoms with Crippen LogP contribution in [0.2, 0.25) is 0 Å². The van der Waals surface area contributed by atoms with Crippen molar-refractivity contribution in [2.75, 3.05) is 27.7 Å². The Bertz CT molecular complexity index is 407. The zero-order valence-corrected chi connectivity index (χ0v) is 19.5. The highest BCUT2D eigenvalue weighted by Gasteiger charge is 2.22. The standard InChI is InChI=1S/C23H45NO4.H2O/c1-5-6-7-8-9-10-11-12-13-14-15-16-17-18-23(27)28-21(19-22(25)26)20-24(2,3)4;/h21H,5-20H2,1-4H3;1H2. The molecule has 0 saturated heterocycles. The van der Waals surface area contributed by atoms with E-state index < -0.39 is 12.1 Å². The van der Waals surface area contributed by atoms with Crippen LogP contribution in [0.1, 0.15) is 103 Å². The van der Waals surface area contributed by atoms with Gasteiger partial charge in [-0.1, -0.05) is 84.0 Å². The number of hydrogen-bond acceptors (Lipinski definition) is 4. The van der Waals surface area contributed by atoms with Gasteiger partial charge in [0.15, 0.2) is 6.10 Å². The molecule has 0 saturated carbocycles. The number of quaternary nitrogens is 1. The quantitative estimate of drug-likeness (QED) is 0.183. The van der Waals surface area contributed by atoms with Gasteiger partial charge < -0.3 is 24.6 Å². The van der Waals surface area contributed by atoms with Crippen molar-refractivity contribution in [3.8, 4) is 0 Å². The molecule has 0 aliphatic rings. The lowest BCUT2D eigenvalue weighted by atomic mass is 10.0. The molecule has 0 fully saturated rings. The maximum Gasteiger partial charge on any atom is 0.306 e. The molecule has 0 rings (SSSR count). The van der Waals surface area contributed by atoms with E-state index in [4.69, 9.17) is 4.74 Å². The van der Waals surface area contributed by atoms with Crippen LogP contribution in [0.25, 0.3) is 0 Å². The van der Waals surface area contributed by atoms with Crippen LogP contribution in [0.3, 0.4) is 0 Å². The summed E-state index contributed by atoms with van der Waals surface area (Å²) in [7, 11) is 5.84. The second kappa shape index (κ2) is 18.9. The van der Waals surface area contributed by atoms with E-state index in [0.29, 0.717) is 17.4 Å². The number of esters is 1. The molecule has 0 bridgehead atoms. The topological polar surface area (TPSA) is 97.9 Å². The van der Waals surface area contributed by atoms with Gasteiger partial charge in [0, 0.05) is 18.8 Å². The Kier molecular flexibility index (Phi) is 19.5. The highest BCUT2D eigenvalue weighted by molar-refractivity contribution is 5.70. The molecule has 0 spiro atoms. The first-order valence-corrected chi connectivity index (χ1v) is 11.4. The third-order valence-electron chi connectivity index (χ3n) is 4.93. The summed E-state index contributed by atoms with van der Waals surface area (Å²) in [5.74, 6) is -1.46. The zero-order chi connectivity index (χ0) is 21.3. The minimum absolute atomic E-state index is 0. The number of carboxylic acid groups (broad SMARTS) is 1. The summed E-state index contributed by atoms with van der Waals surface area (Å²) in [6, 6.07) is 0. The summed E-state index contributed by atoms with van der Waals surface area (Å²) < 4.78 is 5.91. The first-order valence-electron chi connectivity index (χ1n) is 11.4. The number of carbonyl (C=O) groups is 2. The molecule has 0 aromatic rings. The Hall–Kier alpha value is -1.14. The SMILES string of the molecule is CCCCCCCCCCCCCCCC(=O)OC(CC(=O)[O-])C[N+](C)(C)C.O. The van der Waals surface area contributed by atoms with Gasteiger partial charge in [0.05, 0.1) is 21.1 Å². The molecule has 2 N–H and O–H groups in total. The van der Waals surface area contributed by atoms with Gasteiger partial charge in [-0.05, 0) is 6.42 Å². The van der Waals surface area contributed by atoms with Crippen molar-refractivity contribution in [2.24, 2.45) is 0 Å². The predicted octanol–water partition coefficient (Wildman–Crippen LogP) is 3.40. The second-order valence-electron chi connectivity index (χ2n) is 9.15. The van der Waals surface area contributed by atoms with Crippen LogP contribution in [0.5, 0.6) is 0 Å². The van der Waals surface area contributed by atoms with Gasteiger partial charge in [-0.25, -0.2) is 0 Å². The van der Waals surface area contributed by atoms with E-state index in [1.807, 2.05) is 21.1 Å². The molecular weight excluding hydrogens is 370 g/mol. The molecule has 0 amide bonds. The van der Waals surface area contributed by atoms with Crippen molar-refractivity contribution in [2.45, 2.75) is 109 Å². The Morgan fingerprint density at radius 1 is 0.793 bits per heavy atom. The summed E-state index contributed by atoms with van der Waals surface area (Å²) in [5.41, 5.74) is 0. The number of nitrogens with zero attached hydrogens (tertiary/aromatic N) is 1. The van der Waals surface area contributed by atoms with E-state index >= 15 is 0 Å². The molecule has 1 unspecified atom stereocenters. The number of ether oxygens (including phenoxy) is 1. The molecule has 0 heterocycles. The Morgan fingerprint density at radius 2 is 1.21 bits per heavy atom. The number of unbranched alkanes of at least 4 members (excludes halogenated alkanes) is 12. The number of likely N-dealkylation sites (N-methyl/N-ethyl adjacent to an activating group) is 1.